The summed E-state index contributed by atoms with van der Waals surface area (Å²) >= 11 is 17.3. The Labute approximate surface area is 165 Å². The van der Waals surface area contributed by atoms with Gasteiger partial charge in [-0.1, -0.05) is 23.2 Å². The molecule has 2 aromatic carbocycles. The molecule has 0 saturated heterocycles. The standard InChI is InChI=1S/C17H14Cl2N4O2S/c1-2-25-11-5-3-10(4-6-11)20-17(26)23-22-15-12-7-9(18)8-13(19)14(12)21-16(15)24/h3-8H,2H2,1H3,(H2,20,23,26)(H,21,22,24). The second-order valence-corrected chi connectivity index (χ2v) is 6.50. The minimum Gasteiger partial charge on any atom is -0.494 e. The van der Waals surface area contributed by atoms with Crippen LogP contribution in [-0.2, 0) is 4.79 Å². The van der Waals surface area contributed by atoms with Crippen LogP contribution in [0.3, 0.4) is 0 Å². The maximum absolute atomic E-state index is 12.1. The number of hydrogen-bond acceptors (Lipinski definition) is 4. The molecule has 0 radical (unpaired) electrons. The normalized spacial score (nSPS) is 14.0. The van der Waals surface area contributed by atoms with Gasteiger partial charge in [0, 0.05) is 16.3 Å². The van der Waals surface area contributed by atoms with Crippen molar-refractivity contribution in [3.05, 3.63) is 52.0 Å². The zero-order valence-electron chi connectivity index (χ0n) is 13.6. The fourth-order valence-corrected chi connectivity index (χ4v) is 3.06. The van der Waals surface area contributed by atoms with E-state index >= 15 is 0 Å². The molecule has 0 unspecified atom stereocenters. The number of anilines is 2. The van der Waals surface area contributed by atoms with Crippen molar-refractivity contribution in [3.63, 3.8) is 0 Å². The van der Waals surface area contributed by atoms with Crippen LogP contribution >= 0.6 is 35.4 Å². The van der Waals surface area contributed by atoms with Gasteiger partial charge in [-0.05, 0) is 55.5 Å². The monoisotopic (exact) mass is 408 g/mol. The number of fused-ring (bicyclic) bond motifs is 1. The van der Waals surface area contributed by atoms with E-state index in [1.54, 1.807) is 12.1 Å². The summed E-state index contributed by atoms with van der Waals surface area (Å²) in [5.41, 5.74) is 4.56. The molecule has 1 aliphatic rings. The Hall–Kier alpha value is -2.35. The molecular formula is C17H14Cl2N4O2S. The van der Waals surface area contributed by atoms with Crippen molar-refractivity contribution >= 4 is 63.5 Å². The highest BCUT2D eigenvalue weighted by molar-refractivity contribution is 7.80. The molecular weight excluding hydrogens is 395 g/mol. The summed E-state index contributed by atoms with van der Waals surface area (Å²) in [6.45, 7) is 2.52. The third-order valence-electron chi connectivity index (χ3n) is 3.46. The largest absolute Gasteiger partial charge is 0.494 e. The number of carbonyl (C=O) groups excluding carboxylic acids is 1. The second kappa shape index (κ2) is 7.90. The first kappa shape index (κ1) is 18.4. The van der Waals surface area contributed by atoms with Crippen molar-refractivity contribution in [1.29, 1.82) is 0 Å². The number of halogens is 2. The predicted octanol–water partition coefficient (Wildman–Crippen LogP) is 4.03. The lowest BCUT2D eigenvalue weighted by Crippen LogP contribution is -2.27. The highest BCUT2D eigenvalue weighted by Crippen LogP contribution is 2.34. The molecule has 0 aromatic heterocycles. The van der Waals surface area contributed by atoms with Crippen LogP contribution in [0, 0.1) is 0 Å². The first-order valence-electron chi connectivity index (χ1n) is 7.66. The summed E-state index contributed by atoms with van der Waals surface area (Å²) in [6, 6.07) is 10.5. The Morgan fingerprint density at radius 2 is 2.00 bits per heavy atom. The molecule has 1 heterocycles. The van der Waals surface area contributed by atoms with E-state index in [0.29, 0.717) is 27.9 Å². The highest BCUT2D eigenvalue weighted by Gasteiger charge is 2.28. The Balaban J connectivity index is 1.70. The van der Waals surface area contributed by atoms with Crippen molar-refractivity contribution in [1.82, 2.24) is 5.43 Å². The molecule has 134 valence electrons. The third kappa shape index (κ3) is 4.07. The molecule has 0 atom stereocenters. The van der Waals surface area contributed by atoms with Crippen LogP contribution in [0.5, 0.6) is 5.75 Å². The zero-order chi connectivity index (χ0) is 18.7. The number of hydrogen-bond donors (Lipinski definition) is 3. The van der Waals surface area contributed by atoms with E-state index in [1.165, 1.54) is 0 Å². The quantitative estimate of drug-likeness (QED) is 0.525. The van der Waals surface area contributed by atoms with Crippen molar-refractivity contribution in [3.8, 4) is 5.75 Å². The summed E-state index contributed by atoms with van der Waals surface area (Å²) in [5, 5.41) is 10.7. The minimum absolute atomic E-state index is 0.153. The third-order valence-corrected chi connectivity index (χ3v) is 4.17. The second-order valence-electron chi connectivity index (χ2n) is 5.25. The number of carbonyl (C=O) groups is 1. The van der Waals surface area contributed by atoms with E-state index in [1.807, 2.05) is 31.2 Å². The van der Waals surface area contributed by atoms with Gasteiger partial charge in [0.1, 0.15) is 5.75 Å². The maximum Gasteiger partial charge on any atom is 0.276 e. The number of amides is 1. The van der Waals surface area contributed by atoms with Gasteiger partial charge < -0.3 is 15.4 Å². The lowest BCUT2D eigenvalue weighted by Gasteiger charge is -2.09. The molecule has 0 fully saturated rings. The fourth-order valence-electron chi connectivity index (χ4n) is 2.36. The summed E-state index contributed by atoms with van der Waals surface area (Å²) in [4.78, 5) is 12.1. The lowest BCUT2D eigenvalue weighted by atomic mass is 10.1. The van der Waals surface area contributed by atoms with Crippen molar-refractivity contribution in [2.75, 3.05) is 17.2 Å². The van der Waals surface area contributed by atoms with Gasteiger partial charge in [-0.25, -0.2) is 0 Å². The van der Waals surface area contributed by atoms with Crippen LogP contribution in [0.15, 0.2) is 41.5 Å². The number of rotatable bonds is 4. The van der Waals surface area contributed by atoms with Gasteiger partial charge in [-0.3, -0.25) is 10.2 Å². The summed E-state index contributed by atoms with van der Waals surface area (Å²) in [7, 11) is 0. The van der Waals surface area contributed by atoms with Crippen LogP contribution in [0.1, 0.15) is 12.5 Å². The van der Waals surface area contributed by atoms with E-state index in [4.69, 9.17) is 40.2 Å². The SMILES string of the molecule is CCOc1ccc(NC(=S)N/N=C2\C(=O)Nc3c(Cl)cc(Cl)cc32)cc1. The molecule has 0 aliphatic carbocycles. The molecule has 0 bridgehead atoms. The Bertz CT molecular complexity index is 900. The van der Waals surface area contributed by atoms with Gasteiger partial charge in [0.2, 0.25) is 0 Å². The topological polar surface area (TPSA) is 74.8 Å². The van der Waals surface area contributed by atoms with Gasteiger partial charge >= 0.3 is 0 Å². The summed E-state index contributed by atoms with van der Waals surface area (Å²) < 4.78 is 5.38. The van der Waals surface area contributed by atoms with Crippen LogP contribution in [0.2, 0.25) is 10.0 Å². The smallest absolute Gasteiger partial charge is 0.276 e. The zero-order valence-corrected chi connectivity index (χ0v) is 15.9. The number of ether oxygens (including phenoxy) is 1. The summed E-state index contributed by atoms with van der Waals surface area (Å²) in [5.74, 6) is 0.380. The lowest BCUT2D eigenvalue weighted by molar-refractivity contribution is -0.110. The van der Waals surface area contributed by atoms with Gasteiger partial charge in [0.05, 0.1) is 17.3 Å². The number of benzene rings is 2. The van der Waals surface area contributed by atoms with Gasteiger partial charge in [-0.15, -0.1) is 0 Å². The van der Waals surface area contributed by atoms with Crippen molar-refractivity contribution in [2.24, 2.45) is 5.10 Å². The fraction of sp³-hybridized carbons (Fsp3) is 0.118. The van der Waals surface area contributed by atoms with Gasteiger partial charge in [0.15, 0.2) is 10.8 Å². The molecule has 9 heteroatoms. The molecule has 0 saturated carbocycles. The molecule has 0 spiro atoms. The Morgan fingerprint density at radius 3 is 2.69 bits per heavy atom. The number of nitrogens with one attached hydrogen (secondary N) is 3. The molecule has 6 nitrogen and oxygen atoms in total. The number of nitrogens with zero attached hydrogens (tertiary/aromatic N) is 1. The highest BCUT2D eigenvalue weighted by atomic mass is 35.5. The van der Waals surface area contributed by atoms with E-state index in [-0.39, 0.29) is 16.7 Å². The van der Waals surface area contributed by atoms with Gasteiger partial charge in [-0.2, -0.15) is 5.10 Å². The molecule has 2 aromatic rings. The average Bonchev–Trinajstić information content (AvgIpc) is 2.91. The number of hydrazone groups is 1. The molecule has 3 rings (SSSR count). The first-order chi connectivity index (χ1) is 12.5. The predicted molar refractivity (Wildman–Crippen MR) is 109 cm³/mol. The Kier molecular flexibility index (Phi) is 5.61. The molecule has 1 amide bonds. The molecule has 1 aliphatic heterocycles. The van der Waals surface area contributed by atoms with Crippen LogP contribution in [-0.4, -0.2) is 23.3 Å². The van der Waals surface area contributed by atoms with Crippen LogP contribution in [0.4, 0.5) is 11.4 Å². The minimum atomic E-state index is -0.388. The van der Waals surface area contributed by atoms with Crippen molar-refractivity contribution in [2.45, 2.75) is 6.92 Å². The molecule has 26 heavy (non-hydrogen) atoms. The van der Waals surface area contributed by atoms with Crippen molar-refractivity contribution < 1.29 is 9.53 Å². The first-order valence-corrected chi connectivity index (χ1v) is 8.82. The Morgan fingerprint density at radius 1 is 1.27 bits per heavy atom. The van der Waals surface area contributed by atoms with E-state index in [2.05, 4.69) is 21.2 Å². The molecule has 3 N–H and O–H groups in total. The number of thiocarbonyl (C=S) groups is 1. The summed E-state index contributed by atoms with van der Waals surface area (Å²) in [6.07, 6.45) is 0. The van der Waals surface area contributed by atoms with E-state index in [9.17, 15) is 4.79 Å². The van der Waals surface area contributed by atoms with Crippen LogP contribution in [0.25, 0.3) is 0 Å². The van der Waals surface area contributed by atoms with Gasteiger partial charge in [0.25, 0.3) is 5.91 Å². The average molecular weight is 409 g/mol. The van der Waals surface area contributed by atoms with Crippen LogP contribution < -0.4 is 20.8 Å². The van der Waals surface area contributed by atoms with E-state index in [0.717, 1.165) is 11.4 Å². The van der Waals surface area contributed by atoms with E-state index < -0.39 is 0 Å². The maximum atomic E-state index is 12.1.